The summed E-state index contributed by atoms with van der Waals surface area (Å²) in [6.07, 6.45) is 0. The topological polar surface area (TPSA) is 3.24 Å². The van der Waals surface area contributed by atoms with E-state index in [1.807, 2.05) is 19.2 Å². The van der Waals surface area contributed by atoms with E-state index in [4.69, 9.17) is 0 Å². The zero-order valence-electron chi connectivity index (χ0n) is 11.2. The third-order valence-electron chi connectivity index (χ3n) is 3.08. The number of hydrogen-bond acceptors (Lipinski definition) is 1. The van der Waals surface area contributed by atoms with E-state index in [-0.39, 0.29) is 5.82 Å². The van der Waals surface area contributed by atoms with Crippen molar-refractivity contribution >= 4 is 15.9 Å². The molecule has 0 bridgehead atoms. The van der Waals surface area contributed by atoms with Crippen LogP contribution in [0.4, 0.5) is 4.39 Å². The highest BCUT2D eigenvalue weighted by atomic mass is 79.9. The van der Waals surface area contributed by atoms with Gasteiger partial charge in [-0.15, -0.1) is 0 Å². The second-order valence-corrected chi connectivity index (χ2v) is 5.79. The lowest BCUT2D eigenvalue weighted by Gasteiger charge is -2.18. The SMILES string of the molecule is Cc1ccccc1CN(C)Cc1cc(F)cc(Br)c1. The first kappa shape index (κ1) is 14.2. The Bertz CT molecular complexity index is 548. The van der Waals surface area contributed by atoms with Crippen molar-refractivity contribution in [1.29, 1.82) is 0 Å². The molecule has 0 spiro atoms. The molecule has 0 heterocycles. The monoisotopic (exact) mass is 321 g/mol. The van der Waals surface area contributed by atoms with Crippen molar-refractivity contribution in [2.45, 2.75) is 20.0 Å². The van der Waals surface area contributed by atoms with E-state index < -0.39 is 0 Å². The molecule has 3 heteroatoms. The van der Waals surface area contributed by atoms with Gasteiger partial charge in [-0.05, 0) is 48.9 Å². The number of halogens is 2. The maximum absolute atomic E-state index is 13.3. The van der Waals surface area contributed by atoms with Crippen LogP contribution in [0.1, 0.15) is 16.7 Å². The average Bonchev–Trinajstić information content (AvgIpc) is 2.30. The summed E-state index contributed by atoms with van der Waals surface area (Å²) in [5, 5.41) is 0. The average molecular weight is 322 g/mol. The molecule has 0 fully saturated rings. The van der Waals surface area contributed by atoms with E-state index in [0.29, 0.717) is 0 Å². The molecule has 0 unspecified atom stereocenters. The molecule has 100 valence electrons. The van der Waals surface area contributed by atoms with Gasteiger partial charge in [-0.2, -0.15) is 0 Å². The molecule has 0 saturated carbocycles. The van der Waals surface area contributed by atoms with Gasteiger partial charge in [0, 0.05) is 17.6 Å². The number of nitrogens with zero attached hydrogens (tertiary/aromatic N) is 1. The molecule has 2 aromatic rings. The van der Waals surface area contributed by atoms with Crippen molar-refractivity contribution in [3.8, 4) is 0 Å². The molecule has 2 rings (SSSR count). The van der Waals surface area contributed by atoms with Crippen LogP contribution in [-0.4, -0.2) is 11.9 Å². The van der Waals surface area contributed by atoms with E-state index in [1.165, 1.54) is 17.2 Å². The van der Waals surface area contributed by atoms with Crippen molar-refractivity contribution in [2.75, 3.05) is 7.05 Å². The van der Waals surface area contributed by atoms with Crippen LogP contribution in [0.2, 0.25) is 0 Å². The Labute approximate surface area is 122 Å². The van der Waals surface area contributed by atoms with Crippen LogP contribution >= 0.6 is 15.9 Å². The van der Waals surface area contributed by atoms with E-state index in [0.717, 1.165) is 23.1 Å². The quantitative estimate of drug-likeness (QED) is 0.799. The normalized spacial score (nSPS) is 11.0. The fraction of sp³-hybridized carbons (Fsp3) is 0.250. The van der Waals surface area contributed by atoms with Gasteiger partial charge < -0.3 is 0 Å². The Kier molecular flexibility index (Phi) is 4.72. The molecule has 2 aromatic carbocycles. The molecule has 0 saturated heterocycles. The van der Waals surface area contributed by atoms with Crippen molar-refractivity contribution in [2.24, 2.45) is 0 Å². The van der Waals surface area contributed by atoms with E-state index in [2.05, 4.69) is 46.0 Å². The van der Waals surface area contributed by atoms with Crippen LogP contribution in [0.25, 0.3) is 0 Å². The highest BCUT2D eigenvalue weighted by molar-refractivity contribution is 9.10. The Morgan fingerprint density at radius 1 is 1.11 bits per heavy atom. The Balaban J connectivity index is 2.05. The summed E-state index contributed by atoms with van der Waals surface area (Å²) in [6, 6.07) is 13.4. The standard InChI is InChI=1S/C16H17BrFN/c1-12-5-3-4-6-14(12)11-19(2)10-13-7-15(17)9-16(18)8-13/h3-9H,10-11H2,1-2H3. The summed E-state index contributed by atoms with van der Waals surface area (Å²) in [4.78, 5) is 2.18. The molecule has 0 N–H and O–H groups in total. The zero-order valence-corrected chi connectivity index (χ0v) is 12.7. The first-order valence-electron chi connectivity index (χ1n) is 6.22. The minimum atomic E-state index is -0.200. The van der Waals surface area contributed by atoms with Crippen molar-refractivity contribution in [3.05, 3.63) is 69.4 Å². The number of aryl methyl sites for hydroxylation is 1. The largest absolute Gasteiger partial charge is 0.298 e. The minimum Gasteiger partial charge on any atom is -0.298 e. The van der Waals surface area contributed by atoms with Crippen LogP contribution < -0.4 is 0 Å². The summed E-state index contributed by atoms with van der Waals surface area (Å²) >= 11 is 3.32. The lowest BCUT2D eigenvalue weighted by molar-refractivity contribution is 0.318. The van der Waals surface area contributed by atoms with Crippen LogP contribution in [-0.2, 0) is 13.1 Å². The molecule has 0 radical (unpaired) electrons. The number of rotatable bonds is 4. The van der Waals surface area contributed by atoms with Crippen molar-refractivity contribution in [1.82, 2.24) is 4.90 Å². The summed E-state index contributed by atoms with van der Waals surface area (Å²) in [5.74, 6) is -0.200. The molecule has 0 aliphatic rings. The molecule has 19 heavy (non-hydrogen) atoms. The van der Waals surface area contributed by atoms with Gasteiger partial charge in [0.15, 0.2) is 0 Å². The second kappa shape index (κ2) is 6.31. The van der Waals surface area contributed by atoms with E-state index >= 15 is 0 Å². The van der Waals surface area contributed by atoms with Gasteiger partial charge in [-0.1, -0.05) is 40.2 Å². The van der Waals surface area contributed by atoms with Gasteiger partial charge in [-0.3, -0.25) is 4.90 Å². The third kappa shape index (κ3) is 4.15. The van der Waals surface area contributed by atoms with Gasteiger partial charge in [0.2, 0.25) is 0 Å². The summed E-state index contributed by atoms with van der Waals surface area (Å²) < 4.78 is 14.1. The molecule has 0 amide bonds. The molecule has 1 nitrogen and oxygen atoms in total. The smallest absolute Gasteiger partial charge is 0.124 e. The Morgan fingerprint density at radius 3 is 2.53 bits per heavy atom. The minimum absolute atomic E-state index is 0.200. The number of hydrogen-bond donors (Lipinski definition) is 0. The van der Waals surface area contributed by atoms with Crippen LogP contribution in [0, 0.1) is 12.7 Å². The Hall–Kier alpha value is -1.19. The fourth-order valence-corrected chi connectivity index (χ4v) is 2.66. The lowest BCUT2D eigenvalue weighted by atomic mass is 10.1. The molecular formula is C16H17BrFN. The predicted molar refractivity (Wildman–Crippen MR) is 80.5 cm³/mol. The Morgan fingerprint density at radius 2 is 1.84 bits per heavy atom. The first-order chi connectivity index (χ1) is 9.04. The molecule has 0 aromatic heterocycles. The first-order valence-corrected chi connectivity index (χ1v) is 7.02. The van der Waals surface area contributed by atoms with Gasteiger partial charge >= 0.3 is 0 Å². The number of benzene rings is 2. The molecule has 0 aliphatic carbocycles. The maximum atomic E-state index is 13.3. The van der Waals surface area contributed by atoms with Crippen molar-refractivity contribution in [3.63, 3.8) is 0 Å². The maximum Gasteiger partial charge on any atom is 0.124 e. The van der Waals surface area contributed by atoms with Gasteiger partial charge in [-0.25, -0.2) is 4.39 Å². The van der Waals surface area contributed by atoms with Gasteiger partial charge in [0.05, 0.1) is 0 Å². The highest BCUT2D eigenvalue weighted by Gasteiger charge is 2.05. The highest BCUT2D eigenvalue weighted by Crippen LogP contribution is 2.17. The molecule has 0 atom stereocenters. The fourth-order valence-electron chi connectivity index (χ4n) is 2.15. The van der Waals surface area contributed by atoms with Crippen LogP contribution in [0.5, 0.6) is 0 Å². The van der Waals surface area contributed by atoms with Crippen LogP contribution in [0.15, 0.2) is 46.9 Å². The zero-order chi connectivity index (χ0) is 13.8. The molecular weight excluding hydrogens is 305 g/mol. The van der Waals surface area contributed by atoms with Gasteiger partial charge in [0.1, 0.15) is 5.82 Å². The molecule has 0 aliphatic heterocycles. The summed E-state index contributed by atoms with van der Waals surface area (Å²) in [7, 11) is 2.05. The van der Waals surface area contributed by atoms with E-state index in [9.17, 15) is 4.39 Å². The van der Waals surface area contributed by atoms with Crippen LogP contribution in [0.3, 0.4) is 0 Å². The lowest BCUT2D eigenvalue weighted by Crippen LogP contribution is -2.17. The predicted octanol–water partition coefficient (Wildman–Crippen LogP) is 4.53. The van der Waals surface area contributed by atoms with Gasteiger partial charge in [0.25, 0.3) is 0 Å². The van der Waals surface area contributed by atoms with Crippen molar-refractivity contribution < 1.29 is 4.39 Å². The third-order valence-corrected chi connectivity index (χ3v) is 3.53. The summed E-state index contributed by atoms with van der Waals surface area (Å²) in [6.45, 7) is 3.70. The summed E-state index contributed by atoms with van der Waals surface area (Å²) in [5.41, 5.74) is 3.57. The second-order valence-electron chi connectivity index (χ2n) is 4.88. The van der Waals surface area contributed by atoms with E-state index in [1.54, 1.807) is 6.07 Å².